The van der Waals surface area contributed by atoms with Crippen molar-refractivity contribution in [2.24, 2.45) is 0 Å². The van der Waals surface area contributed by atoms with E-state index >= 15 is 0 Å². The number of hydrogen-bond acceptors (Lipinski definition) is 0. The van der Waals surface area contributed by atoms with Crippen LogP contribution in [0.4, 0.5) is 0 Å². The second-order valence-corrected chi connectivity index (χ2v) is 2.10. The Morgan fingerprint density at radius 2 is 0.778 bits per heavy atom. The summed E-state index contributed by atoms with van der Waals surface area (Å²) in [4.78, 5) is 0. The normalized spacial score (nSPS) is 17.8. The number of rotatable bonds is 0. The van der Waals surface area contributed by atoms with Crippen molar-refractivity contribution in [3.05, 3.63) is 24.3 Å². The topological polar surface area (TPSA) is 0 Å². The van der Waals surface area contributed by atoms with Gasteiger partial charge in [-0.3, -0.25) is 0 Å². The molecule has 54 valence electrons. The van der Waals surface area contributed by atoms with Crippen LogP contribution in [-0.2, 0) is 20.4 Å². The molecule has 0 saturated heterocycles. The molecule has 0 saturated carbocycles. The first kappa shape index (κ1) is 9.14. The largest absolute Gasteiger partial charge is 0.0882 e. The van der Waals surface area contributed by atoms with Gasteiger partial charge in [-0.1, -0.05) is 24.3 Å². The minimum atomic E-state index is 0. The zero-order chi connectivity index (χ0) is 5.66. The Kier molecular flexibility index (Phi) is 6.36. The van der Waals surface area contributed by atoms with Crippen LogP contribution in [0.25, 0.3) is 0 Å². The minimum Gasteiger partial charge on any atom is -0.0882 e. The van der Waals surface area contributed by atoms with Gasteiger partial charge in [-0.05, 0) is 25.7 Å². The zero-order valence-electron chi connectivity index (χ0n) is 5.45. The van der Waals surface area contributed by atoms with Gasteiger partial charge >= 0.3 is 0 Å². The quantitative estimate of drug-likeness (QED) is 0.430. The second-order valence-electron chi connectivity index (χ2n) is 2.10. The van der Waals surface area contributed by atoms with Crippen LogP contribution < -0.4 is 0 Å². The third-order valence-electron chi connectivity index (χ3n) is 1.33. The van der Waals surface area contributed by atoms with E-state index in [4.69, 9.17) is 0 Å². The molecule has 0 nitrogen and oxygen atoms in total. The molecule has 0 N–H and O–H groups in total. The molecule has 0 aliphatic heterocycles. The first-order valence-electron chi connectivity index (χ1n) is 3.30. The third kappa shape index (κ3) is 4.63. The fourth-order valence-corrected chi connectivity index (χ4v) is 0.856. The number of hydrogen-bond donors (Lipinski definition) is 0. The molecule has 0 heterocycles. The van der Waals surface area contributed by atoms with E-state index in [-0.39, 0.29) is 20.4 Å². The average molecular weight is 215 g/mol. The van der Waals surface area contributed by atoms with Gasteiger partial charge in [0.05, 0.1) is 0 Å². The molecule has 1 heteroatoms. The summed E-state index contributed by atoms with van der Waals surface area (Å²) in [6.45, 7) is 0. The molecule has 0 amide bonds. The minimum absolute atomic E-state index is 0. The van der Waals surface area contributed by atoms with Crippen LogP contribution in [-0.4, -0.2) is 0 Å². The molecule has 0 aromatic heterocycles. The van der Waals surface area contributed by atoms with Crippen molar-refractivity contribution in [2.45, 2.75) is 25.7 Å². The zero-order valence-corrected chi connectivity index (χ0v) is 7.01. The van der Waals surface area contributed by atoms with Gasteiger partial charge in [0.1, 0.15) is 0 Å². The summed E-state index contributed by atoms with van der Waals surface area (Å²) in [6, 6.07) is 0. The fraction of sp³-hybridized carbons (Fsp3) is 0.500. The van der Waals surface area contributed by atoms with Gasteiger partial charge < -0.3 is 0 Å². The fourth-order valence-electron chi connectivity index (χ4n) is 0.856. The van der Waals surface area contributed by atoms with Crippen LogP contribution >= 0.6 is 0 Å². The summed E-state index contributed by atoms with van der Waals surface area (Å²) >= 11 is 0. The molecule has 0 radical (unpaired) electrons. The molecule has 1 aliphatic rings. The van der Waals surface area contributed by atoms with E-state index in [1.54, 1.807) is 0 Å². The van der Waals surface area contributed by atoms with E-state index in [2.05, 4.69) is 24.3 Å². The van der Waals surface area contributed by atoms with Gasteiger partial charge in [-0.25, -0.2) is 0 Å². The maximum Gasteiger partial charge on any atom is 0 e. The molecule has 0 aromatic rings. The van der Waals surface area contributed by atoms with Gasteiger partial charge in [0.15, 0.2) is 0 Å². The Hall–Kier alpha value is 0.142. The maximum absolute atomic E-state index is 2.27. The van der Waals surface area contributed by atoms with Crippen LogP contribution in [0.3, 0.4) is 0 Å². The van der Waals surface area contributed by atoms with Gasteiger partial charge in [0.2, 0.25) is 0 Å². The molecule has 0 unspecified atom stereocenters. The van der Waals surface area contributed by atoms with Crippen LogP contribution in [0, 0.1) is 0 Å². The van der Waals surface area contributed by atoms with E-state index in [0.717, 1.165) is 0 Å². The summed E-state index contributed by atoms with van der Waals surface area (Å²) in [7, 11) is 0. The Labute approximate surface area is 70.7 Å². The smallest absolute Gasteiger partial charge is 0 e. The summed E-state index contributed by atoms with van der Waals surface area (Å²) < 4.78 is 0. The van der Waals surface area contributed by atoms with E-state index in [0.29, 0.717) is 0 Å². The molecule has 0 atom stereocenters. The monoisotopic (exact) mass is 214 g/mol. The van der Waals surface area contributed by atoms with Crippen LogP contribution in [0.5, 0.6) is 0 Å². The van der Waals surface area contributed by atoms with Crippen molar-refractivity contribution < 1.29 is 20.4 Å². The Balaban J connectivity index is 0.000000640. The molecule has 0 fully saturated rings. The molecular formula is C8H12Pd. The molecule has 1 rings (SSSR count). The molecular weight excluding hydrogens is 203 g/mol. The average Bonchev–Trinajstić information content (AvgIpc) is 1.62. The van der Waals surface area contributed by atoms with Crippen molar-refractivity contribution >= 4 is 0 Å². The van der Waals surface area contributed by atoms with Gasteiger partial charge in [0.25, 0.3) is 0 Å². The molecule has 9 heavy (non-hydrogen) atoms. The van der Waals surface area contributed by atoms with Crippen molar-refractivity contribution in [3.63, 3.8) is 0 Å². The summed E-state index contributed by atoms with van der Waals surface area (Å²) in [5.41, 5.74) is 0. The Morgan fingerprint density at radius 3 is 1.00 bits per heavy atom. The SMILES string of the molecule is C1=CCCC=CCC1.[Pd]. The van der Waals surface area contributed by atoms with E-state index in [1.807, 2.05) is 0 Å². The van der Waals surface area contributed by atoms with E-state index in [1.165, 1.54) is 25.7 Å². The Morgan fingerprint density at radius 1 is 0.556 bits per heavy atom. The van der Waals surface area contributed by atoms with E-state index in [9.17, 15) is 0 Å². The third-order valence-corrected chi connectivity index (χ3v) is 1.33. The summed E-state index contributed by atoms with van der Waals surface area (Å²) in [5, 5.41) is 0. The second kappa shape index (κ2) is 6.27. The maximum atomic E-state index is 2.27. The van der Waals surface area contributed by atoms with Crippen molar-refractivity contribution in [1.82, 2.24) is 0 Å². The first-order chi connectivity index (χ1) is 4.00. The predicted molar refractivity (Wildman–Crippen MR) is 36.7 cm³/mol. The van der Waals surface area contributed by atoms with Gasteiger partial charge in [0, 0.05) is 20.4 Å². The summed E-state index contributed by atoms with van der Waals surface area (Å²) in [6.07, 6.45) is 14.0. The molecule has 1 aliphatic carbocycles. The van der Waals surface area contributed by atoms with E-state index < -0.39 is 0 Å². The standard InChI is InChI=1S/C8H12.Pd/c1-2-4-6-8-7-5-3-1;/h1-2,7-8H,3-6H2;. The molecule has 0 aromatic carbocycles. The first-order valence-corrected chi connectivity index (χ1v) is 3.30. The van der Waals surface area contributed by atoms with Gasteiger partial charge in [-0.2, -0.15) is 0 Å². The van der Waals surface area contributed by atoms with Crippen LogP contribution in [0.1, 0.15) is 25.7 Å². The van der Waals surface area contributed by atoms with Crippen LogP contribution in [0.2, 0.25) is 0 Å². The van der Waals surface area contributed by atoms with Crippen molar-refractivity contribution in [3.8, 4) is 0 Å². The van der Waals surface area contributed by atoms with Gasteiger partial charge in [-0.15, -0.1) is 0 Å². The Bertz CT molecular complexity index is 77.1. The van der Waals surface area contributed by atoms with Crippen molar-refractivity contribution in [1.29, 1.82) is 0 Å². The predicted octanol–water partition coefficient (Wildman–Crippen LogP) is 2.67. The van der Waals surface area contributed by atoms with Crippen molar-refractivity contribution in [2.75, 3.05) is 0 Å². The molecule has 0 spiro atoms. The molecule has 0 bridgehead atoms. The summed E-state index contributed by atoms with van der Waals surface area (Å²) in [5.74, 6) is 0. The van der Waals surface area contributed by atoms with Crippen LogP contribution in [0.15, 0.2) is 24.3 Å². The number of allylic oxidation sites excluding steroid dienone is 4.